The lowest BCUT2D eigenvalue weighted by Crippen LogP contribution is -2.34. The molecule has 1 aromatic heterocycles. The van der Waals surface area contributed by atoms with Crippen molar-refractivity contribution in [2.24, 2.45) is 0 Å². The predicted molar refractivity (Wildman–Crippen MR) is 119 cm³/mol. The molecular formula is C22H23N3O3S2. The highest BCUT2D eigenvalue weighted by molar-refractivity contribution is 7.91. The highest BCUT2D eigenvalue weighted by Crippen LogP contribution is 2.37. The number of thiazole rings is 1. The van der Waals surface area contributed by atoms with Crippen LogP contribution in [0.4, 0.5) is 5.13 Å². The fraction of sp³-hybridized carbons (Fsp3) is 0.273. The second-order valence-electron chi connectivity index (χ2n) is 7.31. The summed E-state index contributed by atoms with van der Waals surface area (Å²) in [6.07, 6.45) is 2.06. The van der Waals surface area contributed by atoms with Gasteiger partial charge >= 0.3 is 0 Å². The maximum atomic E-state index is 13.1. The van der Waals surface area contributed by atoms with Crippen LogP contribution in [-0.2, 0) is 21.2 Å². The number of aryl methyl sites for hydroxylation is 1. The number of benzene rings is 2. The van der Waals surface area contributed by atoms with E-state index in [4.69, 9.17) is 0 Å². The minimum Gasteiger partial charge on any atom is -0.285 e. The molecule has 2 aromatic carbocycles. The van der Waals surface area contributed by atoms with E-state index in [0.29, 0.717) is 10.8 Å². The van der Waals surface area contributed by atoms with E-state index in [2.05, 4.69) is 21.8 Å². The Labute approximate surface area is 180 Å². The van der Waals surface area contributed by atoms with E-state index >= 15 is 0 Å². The molecule has 0 aliphatic heterocycles. The van der Waals surface area contributed by atoms with Crippen molar-refractivity contribution in [3.05, 3.63) is 65.9 Å². The Kier molecular flexibility index (Phi) is 5.73. The number of sulfonamides is 1. The van der Waals surface area contributed by atoms with E-state index in [1.54, 1.807) is 11.8 Å². The first-order valence-corrected chi connectivity index (χ1v) is 12.1. The van der Waals surface area contributed by atoms with Gasteiger partial charge in [0.2, 0.25) is 5.91 Å². The number of nitrogens with one attached hydrogen (secondary N) is 1. The highest BCUT2D eigenvalue weighted by atomic mass is 32.2. The van der Waals surface area contributed by atoms with Crippen LogP contribution in [0.15, 0.2) is 58.8 Å². The molecule has 30 heavy (non-hydrogen) atoms. The van der Waals surface area contributed by atoms with Crippen LogP contribution in [0.1, 0.15) is 24.1 Å². The Bertz CT molecular complexity index is 1150. The SMILES string of the molecule is CNS(=O)(=O)c1sc(N(C(=O)Cc2ccc(-c3ccccc3)cc2)C2CC2)nc1C. The van der Waals surface area contributed by atoms with Crippen LogP contribution in [-0.4, -0.2) is 32.4 Å². The predicted octanol–water partition coefficient (Wildman–Crippen LogP) is 3.76. The Hall–Kier alpha value is -2.55. The molecule has 0 atom stereocenters. The van der Waals surface area contributed by atoms with Crippen LogP contribution in [0.5, 0.6) is 0 Å². The molecule has 3 aromatic rings. The van der Waals surface area contributed by atoms with E-state index in [1.807, 2.05) is 42.5 Å². The molecule has 1 heterocycles. The third kappa shape index (κ3) is 4.30. The van der Waals surface area contributed by atoms with Crippen LogP contribution in [0.2, 0.25) is 0 Å². The summed E-state index contributed by atoms with van der Waals surface area (Å²) in [5, 5.41) is 0.453. The smallest absolute Gasteiger partial charge is 0.251 e. The van der Waals surface area contributed by atoms with E-state index in [1.165, 1.54) is 7.05 Å². The van der Waals surface area contributed by atoms with Crippen LogP contribution in [0.3, 0.4) is 0 Å². The molecule has 1 saturated carbocycles. The summed E-state index contributed by atoms with van der Waals surface area (Å²) in [7, 11) is -2.22. The van der Waals surface area contributed by atoms with Gasteiger partial charge in [-0.25, -0.2) is 18.1 Å². The maximum absolute atomic E-state index is 13.1. The molecule has 156 valence electrons. The van der Waals surface area contributed by atoms with Gasteiger partial charge in [-0.3, -0.25) is 9.69 Å². The second-order valence-corrected chi connectivity index (χ2v) is 10.4. The van der Waals surface area contributed by atoms with Crippen molar-refractivity contribution >= 4 is 32.4 Å². The molecule has 1 aliphatic carbocycles. The first-order chi connectivity index (χ1) is 14.4. The van der Waals surface area contributed by atoms with Crippen molar-refractivity contribution < 1.29 is 13.2 Å². The van der Waals surface area contributed by atoms with Crippen molar-refractivity contribution in [2.45, 2.75) is 36.4 Å². The number of hydrogen-bond acceptors (Lipinski definition) is 5. The van der Waals surface area contributed by atoms with E-state index in [-0.39, 0.29) is 22.6 Å². The summed E-state index contributed by atoms with van der Waals surface area (Å²) in [5.74, 6) is -0.0629. The number of nitrogens with zero attached hydrogens (tertiary/aromatic N) is 2. The fourth-order valence-corrected chi connectivity index (χ4v) is 5.74. The molecule has 0 radical (unpaired) electrons. The van der Waals surface area contributed by atoms with Gasteiger partial charge in [0.15, 0.2) is 9.34 Å². The third-order valence-electron chi connectivity index (χ3n) is 5.06. The van der Waals surface area contributed by atoms with Crippen LogP contribution in [0, 0.1) is 6.92 Å². The lowest BCUT2D eigenvalue weighted by molar-refractivity contribution is -0.118. The zero-order valence-electron chi connectivity index (χ0n) is 16.8. The lowest BCUT2D eigenvalue weighted by Gasteiger charge is -2.19. The summed E-state index contributed by atoms with van der Waals surface area (Å²) >= 11 is 1.05. The van der Waals surface area contributed by atoms with Gasteiger partial charge in [0, 0.05) is 6.04 Å². The number of rotatable bonds is 7. The Morgan fingerprint density at radius 3 is 2.33 bits per heavy atom. The second kappa shape index (κ2) is 8.29. The number of carbonyl (C=O) groups is 1. The van der Waals surface area contributed by atoms with Gasteiger partial charge in [-0.05, 0) is 43.5 Å². The molecule has 6 nitrogen and oxygen atoms in total. The van der Waals surface area contributed by atoms with Gasteiger partial charge in [-0.15, -0.1) is 0 Å². The third-order valence-corrected chi connectivity index (χ3v) is 8.24. The molecule has 0 unspecified atom stereocenters. The fourth-order valence-electron chi connectivity index (χ4n) is 3.32. The van der Waals surface area contributed by atoms with Crippen LogP contribution < -0.4 is 9.62 Å². The largest absolute Gasteiger partial charge is 0.285 e. The van der Waals surface area contributed by atoms with E-state index < -0.39 is 10.0 Å². The maximum Gasteiger partial charge on any atom is 0.251 e. The summed E-state index contributed by atoms with van der Waals surface area (Å²) < 4.78 is 26.9. The first kappa shape index (κ1) is 20.7. The standard InChI is InChI=1S/C22H23N3O3S2/c1-15-21(30(27,28)23-2)29-22(24-15)25(19-12-13-19)20(26)14-16-8-10-18(11-9-16)17-6-4-3-5-7-17/h3-11,19,23H,12-14H2,1-2H3. The molecule has 4 rings (SSSR count). The number of hydrogen-bond donors (Lipinski definition) is 1. The Morgan fingerprint density at radius 2 is 1.73 bits per heavy atom. The van der Waals surface area contributed by atoms with Crippen molar-refractivity contribution in [3.8, 4) is 11.1 Å². The molecule has 1 amide bonds. The number of anilines is 1. The van der Waals surface area contributed by atoms with E-state index in [0.717, 1.165) is 40.9 Å². The van der Waals surface area contributed by atoms with Gasteiger partial charge in [-0.2, -0.15) is 0 Å². The van der Waals surface area contributed by atoms with Crippen molar-refractivity contribution in [1.29, 1.82) is 0 Å². The molecule has 0 spiro atoms. The Balaban J connectivity index is 1.55. The van der Waals surface area contributed by atoms with Gasteiger partial charge < -0.3 is 0 Å². The minimum absolute atomic E-state index is 0.0629. The lowest BCUT2D eigenvalue weighted by atomic mass is 10.0. The quantitative estimate of drug-likeness (QED) is 0.605. The van der Waals surface area contributed by atoms with E-state index in [9.17, 15) is 13.2 Å². The minimum atomic E-state index is -3.59. The van der Waals surface area contributed by atoms with Crippen LogP contribution in [0.25, 0.3) is 11.1 Å². The van der Waals surface area contributed by atoms with Crippen molar-refractivity contribution in [2.75, 3.05) is 11.9 Å². The first-order valence-electron chi connectivity index (χ1n) is 9.76. The average molecular weight is 442 g/mol. The summed E-state index contributed by atoms with van der Waals surface area (Å²) in [6, 6.07) is 18.2. The van der Waals surface area contributed by atoms with Gasteiger partial charge in [0.05, 0.1) is 12.1 Å². The van der Waals surface area contributed by atoms with Gasteiger partial charge in [0.25, 0.3) is 10.0 Å². The molecule has 0 saturated heterocycles. The summed E-state index contributed by atoms with van der Waals surface area (Å²) in [4.78, 5) is 19.2. The normalized spacial score (nSPS) is 13.9. The van der Waals surface area contributed by atoms with Crippen molar-refractivity contribution in [3.63, 3.8) is 0 Å². The summed E-state index contributed by atoms with van der Waals surface area (Å²) in [6.45, 7) is 1.65. The molecule has 1 aliphatic rings. The average Bonchev–Trinajstić information content (AvgIpc) is 3.50. The molecular weight excluding hydrogens is 418 g/mol. The van der Waals surface area contributed by atoms with Crippen LogP contribution >= 0.6 is 11.3 Å². The molecule has 1 fully saturated rings. The number of aromatic nitrogens is 1. The topological polar surface area (TPSA) is 79.4 Å². The molecule has 1 N–H and O–H groups in total. The molecule has 0 bridgehead atoms. The Morgan fingerprint density at radius 1 is 1.10 bits per heavy atom. The zero-order valence-corrected chi connectivity index (χ0v) is 18.5. The van der Waals surface area contributed by atoms with Gasteiger partial charge in [-0.1, -0.05) is 65.9 Å². The van der Waals surface area contributed by atoms with Gasteiger partial charge in [0.1, 0.15) is 0 Å². The number of amides is 1. The highest BCUT2D eigenvalue weighted by Gasteiger charge is 2.36. The van der Waals surface area contributed by atoms with Crippen molar-refractivity contribution in [1.82, 2.24) is 9.71 Å². The number of carbonyl (C=O) groups excluding carboxylic acids is 1. The monoisotopic (exact) mass is 441 g/mol. The zero-order chi connectivity index (χ0) is 21.3. The molecule has 8 heteroatoms. The summed E-state index contributed by atoms with van der Waals surface area (Å²) in [5.41, 5.74) is 3.56.